The van der Waals surface area contributed by atoms with Crippen LogP contribution in [0.1, 0.15) is 23.2 Å². The number of piperidine rings is 1. The minimum atomic E-state index is -0.195. The summed E-state index contributed by atoms with van der Waals surface area (Å²) in [6.07, 6.45) is 2.26. The molecule has 8 heteroatoms. The van der Waals surface area contributed by atoms with Crippen molar-refractivity contribution < 1.29 is 14.3 Å². The van der Waals surface area contributed by atoms with E-state index < -0.39 is 0 Å². The molecule has 2 aliphatic heterocycles. The summed E-state index contributed by atoms with van der Waals surface area (Å²) in [5.41, 5.74) is 3.11. The zero-order valence-corrected chi connectivity index (χ0v) is 17.4. The quantitative estimate of drug-likeness (QED) is 0.586. The molecule has 3 aromatic rings. The first-order chi connectivity index (χ1) is 15.2. The van der Waals surface area contributed by atoms with E-state index >= 15 is 0 Å². The molecular weight excluding hydrogens is 394 g/mol. The Morgan fingerprint density at radius 1 is 1.13 bits per heavy atom. The first kappa shape index (κ1) is 19.4. The van der Waals surface area contributed by atoms with Gasteiger partial charge in [0.2, 0.25) is 6.79 Å². The van der Waals surface area contributed by atoms with Crippen LogP contribution in [0.5, 0.6) is 11.5 Å². The number of carbonyl (C=O) groups is 1. The highest BCUT2D eigenvalue weighted by Crippen LogP contribution is 2.40. The van der Waals surface area contributed by atoms with Crippen LogP contribution in [0.3, 0.4) is 0 Å². The fourth-order valence-corrected chi connectivity index (χ4v) is 3.96. The monoisotopic (exact) mass is 419 g/mol. The van der Waals surface area contributed by atoms with E-state index in [-0.39, 0.29) is 12.7 Å². The summed E-state index contributed by atoms with van der Waals surface area (Å²) >= 11 is 0. The summed E-state index contributed by atoms with van der Waals surface area (Å²) in [4.78, 5) is 15.0. The second-order valence-electron chi connectivity index (χ2n) is 7.96. The minimum absolute atomic E-state index is 0.195. The van der Waals surface area contributed by atoms with Gasteiger partial charge in [-0.15, -0.1) is 0 Å². The molecule has 0 aliphatic carbocycles. The van der Waals surface area contributed by atoms with Gasteiger partial charge in [0, 0.05) is 28.9 Å². The fraction of sp³-hybridized carbons (Fsp3) is 0.304. The first-order valence-corrected chi connectivity index (χ1v) is 10.5. The van der Waals surface area contributed by atoms with E-state index in [1.807, 2.05) is 42.5 Å². The molecule has 0 bridgehead atoms. The van der Waals surface area contributed by atoms with Crippen molar-refractivity contribution in [1.29, 1.82) is 0 Å². The van der Waals surface area contributed by atoms with E-state index in [9.17, 15) is 4.79 Å². The van der Waals surface area contributed by atoms with Crippen LogP contribution in [0, 0.1) is 0 Å². The van der Waals surface area contributed by atoms with Gasteiger partial charge in [-0.05, 0) is 69.4 Å². The first-order valence-electron chi connectivity index (χ1n) is 10.5. The summed E-state index contributed by atoms with van der Waals surface area (Å²) in [6, 6.07) is 15.5. The number of ether oxygens (including phenoxy) is 2. The molecule has 3 N–H and O–H groups in total. The summed E-state index contributed by atoms with van der Waals surface area (Å²) < 4.78 is 11.0. The Bertz CT molecular complexity index is 1070. The standard InChI is InChI=1S/C23H25N5O3/c1-28-11-9-17(10-12-28)24-16-7-5-15(6-8-16)23(29)25-21-13-19(26-27-21)18-3-2-4-20-22(18)31-14-30-20/h2-8,13,17,24H,9-12,14H2,1H3,(H2,25,26,27,29). The number of amides is 1. The molecule has 1 aromatic heterocycles. The Morgan fingerprint density at radius 2 is 1.94 bits per heavy atom. The maximum atomic E-state index is 12.7. The number of benzene rings is 2. The van der Waals surface area contributed by atoms with Gasteiger partial charge >= 0.3 is 0 Å². The summed E-state index contributed by atoms with van der Waals surface area (Å²) in [7, 11) is 2.15. The smallest absolute Gasteiger partial charge is 0.256 e. The number of aromatic amines is 1. The molecule has 0 spiro atoms. The molecule has 160 valence electrons. The van der Waals surface area contributed by atoms with Gasteiger partial charge in [0.05, 0.1) is 5.69 Å². The highest BCUT2D eigenvalue weighted by molar-refractivity contribution is 6.04. The van der Waals surface area contributed by atoms with E-state index in [0.29, 0.717) is 34.6 Å². The van der Waals surface area contributed by atoms with Crippen molar-refractivity contribution >= 4 is 17.4 Å². The average molecular weight is 419 g/mol. The third-order valence-corrected chi connectivity index (χ3v) is 5.74. The van der Waals surface area contributed by atoms with E-state index in [2.05, 4.69) is 32.8 Å². The minimum Gasteiger partial charge on any atom is -0.454 e. The number of para-hydroxylation sites is 1. The van der Waals surface area contributed by atoms with Crippen LogP contribution in [0.4, 0.5) is 11.5 Å². The number of hydrogen-bond donors (Lipinski definition) is 3. The van der Waals surface area contributed by atoms with Crippen molar-refractivity contribution in [3.8, 4) is 22.8 Å². The van der Waals surface area contributed by atoms with Crippen molar-refractivity contribution in [3.63, 3.8) is 0 Å². The Balaban J connectivity index is 1.22. The van der Waals surface area contributed by atoms with E-state index in [1.165, 1.54) is 0 Å². The van der Waals surface area contributed by atoms with Gasteiger partial charge in [-0.1, -0.05) is 6.07 Å². The van der Waals surface area contributed by atoms with Crippen LogP contribution in [0.2, 0.25) is 0 Å². The number of likely N-dealkylation sites (tertiary alicyclic amines) is 1. The molecule has 8 nitrogen and oxygen atoms in total. The molecule has 1 saturated heterocycles. The molecule has 0 saturated carbocycles. The maximum Gasteiger partial charge on any atom is 0.256 e. The van der Waals surface area contributed by atoms with Crippen LogP contribution in [-0.4, -0.2) is 54.0 Å². The third kappa shape index (κ3) is 4.20. The Kier molecular flexibility index (Phi) is 5.21. The molecular formula is C23H25N5O3. The predicted molar refractivity (Wildman–Crippen MR) is 119 cm³/mol. The van der Waals surface area contributed by atoms with Gasteiger partial charge in [-0.25, -0.2) is 0 Å². The topological polar surface area (TPSA) is 91.5 Å². The molecule has 1 fully saturated rings. The number of anilines is 2. The van der Waals surface area contributed by atoms with Crippen molar-refractivity contribution in [1.82, 2.24) is 15.1 Å². The van der Waals surface area contributed by atoms with Gasteiger partial charge in [-0.2, -0.15) is 5.10 Å². The van der Waals surface area contributed by atoms with E-state index in [1.54, 1.807) is 6.07 Å². The number of H-pyrrole nitrogens is 1. The van der Waals surface area contributed by atoms with Crippen LogP contribution >= 0.6 is 0 Å². The van der Waals surface area contributed by atoms with Gasteiger partial charge in [0.25, 0.3) is 5.91 Å². The number of aromatic nitrogens is 2. The molecule has 0 unspecified atom stereocenters. The van der Waals surface area contributed by atoms with Gasteiger partial charge in [-0.3, -0.25) is 9.89 Å². The Morgan fingerprint density at radius 3 is 2.74 bits per heavy atom. The molecule has 5 rings (SSSR count). The lowest BCUT2D eigenvalue weighted by atomic mass is 10.0. The second-order valence-corrected chi connectivity index (χ2v) is 7.96. The Labute approximate surface area is 180 Å². The molecule has 0 radical (unpaired) electrons. The normalized spacial score (nSPS) is 16.3. The third-order valence-electron chi connectivity index (χ3n) is 5.74. The van der Waals surface area contributed by atoms with Crippen molar-refractivity contribution in [2.24, 2.45) is 0 Å². The lowest BCUT2D eigenvalue weighted by Gasteiger charge is -2.30. The average Bonchev–Trinajstić information content (AvgIpc) is 3.45. The molecule has 2 aliphatic rings. The van der Waals surface area contributed by atoms with Crippen LogP contribution in [0.25, 0.3) is 11.3 Å². The summed E-state index contributed by atoms with van der Waals surface area (Å²) in [5.74, 6) is 1.68. The lowest BCUT2D eigenvalue weighted by molar-refractivity contribution is 0.102. The number of nitrogens with one attached hydrogen (secondary N) is 3. The SMILES string of the molecule is CN1CCC(Nc2ccc(C(=O)Nc3cc(-c4cccc5c4OCO5)n[nH]3)cc2)CC1. The highest BCUT2D eigenvalue weighted by atomic mass is 16.7. The van der Waals surface area contributed by atoms with Crippen LogP contribution in [0.15, 0.2) is 48.5 Å². The second kappa shape index (κ2) is 8.31. The number of carbonyl (C=O) groups excluding carboxylic acids is 1. The summed E-state index contributed by atoms with van der Waals surface area (Å²) in [5, 5.41) is 13.6. The predicted octanol–water partition coefficient (Wildman–Crippen LogP) is 3.56. The number of nitrogens with zero attached hydrogens (tertiary/aromatic N) is 2. The van der Waals surface area contributed by atoms with Crippen LogP contribution < -0.4 is 20.1 Å². The molecule has 0 atom stereocenters. The molecule has 31 heavy (non-hydrogen) atoms. The van der Waals surface area contributed by atoms with Crippen molar-refractivity contribution in [2.45, 2.75) is 18.9 Å². The zero-order valence-electron chi connectivity index (χ0n) is 17.4. The van der Waals surface area contributed by atoms with Crippen molar-refractivity contribution in [2.75, 3.05) is 37.6 Å². The lowest BCUT2D eigenvalue weighted by Crippen LogP contribution is -2.36. The summed E-state index contributed by atoms with van der Waals surface area (Å²) in [6.45, 7) is 2.41. The van der Waals surface area contributed by atoms with E-state index in [4.69, 9.17) is 9.47 Å². The number of rotatable bonds is 5. The largest absolute Gasteiger partial charge is 0.454 e. The van der Waals surface area contributed by atoms with Crippen molar-refractivity contribution in [3.05, 3.63) is 54.1 Å². The van der Waals surface area contributed by atoms with Gasteiger partial charge < -0.3 is 25.0 Å². The molecule has 3 heterocycles. The molecule has 2 aromatic carbocycles. The van der Waals surface area contributed by atoms with Crippen LogP contribution in [-0.2, 0) is 0 Å². The van der Waals surface area contributed by atoms with E-state index in [0.717, 1.165) is 37.2 Å². The zero-order chi connectivity index (χ0) is 21.2. The molecule has 1 amide bonds. The Hall–Kier alpha value is -3.52. The highest BCUT2D eigenvalue weighted by Gasteiger charge is 2.20. The number of fused-ring (bicyclic) bond motifs is 1. The van der Waals surface area contributed by atoms with Gasteiger partial charge in [0.1, 0.15) is 5.82 Å². The fourth-order valence-electron chi connectivity index (χ4n) is 3.96. The number of hydrogen-bond acceptors (Lipinski definition) is 6. The maximum absolute atomic E-state index is 12.7. The van der Waals surface area contributed by atoms with Gasteiger partial charge in [0.15, 0.2) is 11.5 Å².